The number of nitrogens with one attached hydrogen (secondary N) is 2. The normalized spacial score (nSPS) is 10.9. The molecule has 4 heteroatoms. The third-order valence-electron chi connectivity index (χ3n) is 6.95. The van der Waals surface area contributed by atoms with Crippen molar-refractivity contribution >= 4 is 17.5 Å². The van der Waals surface area contributed by atoms with Crippen molar-refractivity contribution in [3.8, 4) is 0 Å². The first-order valence-electron chi connectivity index (χ1n) is 15.4. The molecule has 2 N–H and O–H groups in total. The van der Waals surface area contributed by atoms with Crippen LogP contribution in [0.1, 0.15) is 159 Å². The van der Waals surface area contributed by atoms with Crippen LogP contribution in [0.5, 0.6) is 0 Å². The van der Waals surface area contributed by atoms with E-state index >= 15 is 0 Å². The van der Waals surface area contributed by atoms with Gasteiger partial charge in [-0.1, -0.05) is 135 Å². The Morgan fingerprint density at radius 2 is 1.08 bits per heavy atom. The van der Waals surface area contributed by atoms with E-state index in [-0.39, 0.29) is 11.8 Å². The highest BCUT2D eigenvalue weighted by Crippen LogP contribution is 2.16. The second kappa shape index (κ2) is 23.6. The summed E-state index contributed by atoms with van der Waals surface area (Å²) in [5.74, 6) is -0.0557. The van der Waals surface area contributed by atoms with Crippen LogP contribution in [-0.2, 0) is 4.79 Å². The lowest BCUT2D eigenvalue weighted by molar-refractivity contribution is -0.116. The molecule has 0 radical (unpaired) electrons. The van der Waals surface area contributed by atoms with Gasteiger partial charge in [0, 0.05) is 24.2 Å². The molecule has 206 valence electrons. The van der Waals surface area contributed by atoms with Gasteiger partial charge in [0.2, 0.25) is 5.91 Å². The molecule has 0 unspecified atom stereocenters. The summed E-state index contributed by atoms with van der Waals surface area (Å²) in [6.45, 7) is 4.97. The molecule has 1 aromatic rings. The van der Waals surface area contributed by atoms with E-state index in [1.165, 1.54) is 109 Å². The van der Waals surface area contributed by atoms with Crippen molar-refractivity contribution in [2.75, 3.05) is 11.9 Å². The number of benzene rings is 1. The Labute approximate surface area is 222 Å². The minimum Gasteiger partial charge on any atom is -0.352 e. The summed E-state index contributed by atoms with van der Waals surface area (Å²) in [5.41, 5.74) is 1.28. The minimum absolute atomic E-state index is 0.0353. The highest BCUT2D eigenvalue weighted by Gasteiger charge is 2.07. The molecule has 1 rings (SSSR count). The van der Waals surface area contributed by atoms with Crippen molar-refractivity contribution in [2.24, 2.45) is 0 Å². The molecule has 0 saturated heterocycles. The Kier molecular flexibility index (Phi) is 21.1. The van der Waals surface area contributed by atoms with E-state index in [1.54, 1.807) is 12.1 Å². The van der Waals surface area contributed by atoms with Gasteiger partial charge in [-0.15, -0.1) is 0 Å². The fourth-order valence-electron chi connectivity index (χ4n) is 4.67. The average Bonchev–Trinajstić information content (AvgIpc) is 2.88. The molecular weight excluding hydrogens is 444 g/mol. The van der Waals surface area contributed by atoms with Gasteiger partial charge in [0.1, 0.15) is 0 Å². The lowest BCUT2D eigenvalue weighted by atomic mass is 10.0. The van der Waals surface area contributed by atoms with Gasteiger partial charge in [0.25, 0.3) is 5.91 Å². The van der Waals surface area contributed by atoms with Crippen molar-refractivity contribution in [1.82, 2.24) is 5.32 Å². The van der Waals surface area contributed by atoms with E-state index in [1.807, 2.05) is 19.1 Å². The second-order valence-electron chi connectivity index (χ2n) is 10.5. The first-order chi connectivity index (χ1) is 17.7. The smallest absolute Gasteiger partial charge is 0.251 e. The van der Waals surface area contributed by atoms with Crippen molar-refractivity contribution < 1.29 is 9.59 Å². The summed E-state index contributed by atoms with van der Waals surface area (Å²) in [5, 5.41) is 5.80. The first kappa shape index (κ1) is 32.2. The standard InChI is InChI=1S/C32H56N2O2/c1-3-5-6-7-8-9-10-11-12-13-14-15-16-17-18-19-20-21-22-26-31(35)34-30-25-23-24-29(28-30)32(36)33-27-4-2/h23-25,28H,3-22,26-27H2,1-2H3,(H,33,36)(H,34,35). The second-order valence-corrected chi connectivity index (χ2v) is 10.5. The monoisotopic (exact) mass is 500 g/mol. The predicted octanol–water partition coefficient (Wildman–Crippen LogP) is 9.59. The number of hydrogen-bond acceptors (Lipinski definition) is 2. The average molecular weight is 501 g/mol. The number of amides is 2. The molecule has 0 aromatic heterocycles. The minimum atomic E-state index is -0.0910. The number of anilines is 1. The quantitative estimate of drug-likeness (QED) is 0.139. The van der Waals surface area contributed by atoms with Gasteiger partial charge in [-0.3, -0.25) is 9.59 Å². The van der Waals surface area contributed by atoms with Crippen LogP contribution in [0.15, 0.2) is 24.3 Å². The lowest BCUT2D eigenvalue weighted by Gasteiger charge is -2.08. The van der Waals surface area contributed by atoms with Crippen LogP contribution in [0.2, 0.25) is 0 Å². The molecule has 0 fully saturated rings. The molecule has 36 heavy (non-hydrogen) atoms. The van der Waals surface area contributed by atoms with Crippen LogP contribution in [0.3, 0.4) is 0 Å². The third-order valence-corrected chi connectivity index (χ3v) is 6.95. The fourth-order valence-corrected chi connectivity index (χ4v) is 4.67. The van der Waals surface area contributed by atoms with Crippen molar-refractivity contribution in [2.45, 2.75) is 149 Å². The summed E-state index contributed by atoms with van der Waals surface area (Å²) < 4.78 is 0. The highest BCUT2D eigenvalue weighted by molar-refractivity contribution is 5.97. The summed E-state index contributed by atoms with van der Waals surface area (Å²) in [7, 11) is 0. The Hall–Kier alpha value is -1.84. The molecule has 0 bridgehead atoms. The van der Waals surface area contributed by atoms with Crippen LogP contribution in [-0.4, -0.2) is 18.4 Å². The van der Waals surface area contributed by atoms with E-state index in [0.717, 1.165) is 19.3 Å². The maximum absolute atomic E-state index is 12.2. The van der Waals surface area contributed by atoms with Gasteiger partial charge in [-0.05, 0) is 31.0 Å². The molecule has 1 aromatic carbocycles. The third kappa shape index (κ3) is 18.4. The molecule has 4 nitrogen and oxygen atoms in total. The van der Waals surface area contributed by atoms with Gasteiger partial charge in [-0.25, -0.2) is 0 Å². The Morgan fingerprint density at radius 1 is 0.611 bits per heavy atom. The van der Waals surface area contributed by atoms with Crippen LogP contribution in [0.4, 0.5) is 5.69 Å². The van der Waals surface area contributed by atoms with Crippen LogP contribution in [0, 0.1) is 0 Å². The number of carbonyl (C=O) groups is 2. The van der Waals surface area contributed by atoms with E-state index in [4.69, 9.17) is 0 Å². The SMILES string of the molecule is CCCCCCCCCCCCCCCCCCCCCC(=O)Nc1cccc(C(=O)NCCC)c1. The molecule has 0 aliphatic carbocycles. The van der Waals surface area contributed by atoms with Crippen LogP contribution >= 0.6 is 0 Å². The van der Waals surface area contributed by atoms with Gasteiger partial charge in [0.05, 0.1) is 0 Å². The van der Waals surface area contributed by atoms with Gasteiger partial charge >= 0.3 is 0 Å². The van der Waals surface area contributed by atoms with Crippen molar-refractivity contribution in [3.05, 3.63) is 29.8 Å². The van der Waals surface area contributed by atoms with Gasteiger partial charge in [0.15, 0.2) is 0 Å². The largest absolute Gasteiger partial charge is 0.352 e. The van der Waals surface area contributed by atoms with Crippen molar-refractivity contribution in [1.29, 1.82) is 0 Å². The molecule has 0 aliphatic rings. The molecule has 0 heterocycles. The van der Waals surface area contributed by atoms with Gasteiger partial charge < -0.3 is 10.6 Å². The van der Waals surface area contributed by atoms with Crippen LogP contribution < -0.4 is 10.6 Å². The molecule has 0 atom stereocenters. The number of carbonyl (C=O) groups excluding carboxylic acids is 2. The Balaban J connectivity index is 1.89. The maximum atomic E-state index is 12.2. The Bertz CT molecular complexity index is 674. The predicted molar refractivity (Wildman–Crippen MR) is 156 cm³/mol. The highest BCUT2D eigenvalue weighted by atomic mass is 16.2. The van der Waals surface area contributed by atoms with Crippen molar-refractivity contribution in [3.63, 3.8) is 0 Å². The molecular formula is C32H56N2O2. The zero-order valence-electron chi connectivity index (χ0n) is 23.7. The van der Waals surface area contributed by atoms with E-state index in [2.05, 4.69) is 17.6 Å². The number of rotatable bonds is 24. The molecule has 0 aliphatic heterocycles. The summed E-state index contributed by atoms with van der Waals surface area (Å²) in [6, 6.07) is 7.18. The summed E-state index contributed by atoms with van der Waals surface area (Å²) in [6.07, 6.45) is 27.2. The fraction of sp³-hybridized carbons (Fsp3) is 0.750. The first-order valence-corrected chi connectivity index (χ1v) is 15.4. The van der Waals surface area contributed by atoms with E-state index < -0.39 is 0 Å². The van der Waals surface area contributed by atoms with E-state index in [0.29, 0.717) is 24.2 Å². The van der Waals surface area contributed by atoms with Crippen LogP contribution in [0.25, 0.3) is 0 Å². The zero-order chi connectivity index (χ0) is 26.1. The zero-order valence-corrected chi connectivity index (χ0v) is 23.7. The Morgan fingerprint density at radius 3 is 1.56 bits per heavy atom. The summed E-state index contributed by atoms with van der Waals surface area (Å²) in [4.78, 5) is 24.3. The number of hydrogen-bond donors (Lipinski definition) is 2. The van der Waals surface area contributed by atoms with E-state index in [9.17, 15) is 9.59 Å². The molecule has 0 spiro atoms. The maximum Gasteiger partial charge on any atom is 0.251 e. The topological polar surface area (TPSA) is 58.2 Å². The number of unbranched alkanes of at least 4 members (excludes halogenated alkanes) is 18. The van der Waals surface area contributed by atoms with Gasteiger partial charge in [-0.2, -0.15) is 0 Å². The lowest BCUT2D eigenvalue weighted by Crippen LogP contribution is -2.24. The molecule has 0 saturated carbocycles. The summed E-state index contributed by atoms with van der Waals surface area (Å²) >= 11 is 0. The molecule has 2 amide bonds.